The summed E-state index contributed by atoms with van der Waals surface area (Å²) >= 11 is 3.72. The van der Waals surface area contributed by atoms with Crippen molar-refractivity contribution in [2.75, 3.05) is 13.6 Å². The van der Waals surface area contributed by atoms with Gasteiger partial charge in [-0.05, 0) is 72.4 Å². The van der Waals surface area contributed by atoms with Crippen molar-refractivity contribution in [2.45, 2.75) is 51.6 Å². The number of carbonyl (C=O) groups excluding carboxylic acids is 1. The number of amides is 1. The molecule has 0 saturated heterocycles. The van der Waals surface area contributed by atoms with E-state index in [0.717, 1.165) is 35.9 Å². The number of likely N-dealkylation sites (N-methyl/N-ethyl adjacent to an activating group) is 1. The number of aromatic nitrogens is 1. The largest absolute Gasteiger partial charge is 0.353 e. The van der Waals surface area contributed by atoms with Gasteiger partial charge in [0.2, 0.25) is 5.91 Å². The molecule has 0 bridgehead atoms. The minimum Gasteiger partial charge on any atom is -0.353 e. The van der Waals surface area contributed by atoms with Crippen LogP contribution in [0.3, 0.4) is 0 Å². The first-order valence-corrected chi connectivity index (χ1v) is 10.7. The molecule has 2 heterocycles. The first kappa shape index (κ1) is 18.8. The van der Waals surface area contributed by atoms with Crippen LogP contribution in [-0.2, 0) is 11.2 Å². The molecule has 1 amide bonds. The van der Waals surface area contributed by atoms with Crippen molar-refractivity contribution in [1.29, 1.82) is 0 Å². The van der Waals surface area contributed by atoms with E-state index in [4.69, 9.17) is 0 Å². The van der Waals surface area contributed by atoms with Crippen molar-refractivity contribution in [3.8, 4) is 0 Å². The molecule has 1 aromatic heterocycles. The zero-order valence-electron chi connectivity index (χ0n) is 16.5. The van der Waals surface area contributed by atoms with E-state index in [2.05, 4.69) is 83.2 Å². The van der Waals surface area contributed by atoms with E-state index in [1.54, 1.807) is 0 Å². The summed E-state index contributed by atoms with van der Waals surface area (Å²) in [7, 11) is 2.15. The lowest BCUT2D eigenvalue weighted by Crippen LogP contribution is -2.54. The summed E-state index contributed by atoms with van der Waals surface area (Å²) in [5.41, 5.74) is 4.93. The molecule has 5 heteroatoms. The lowest BCUT2D eigenvalue weighted by atomic mass is 9.71. The molecular weight excluding hydrogens is 402 g/mol. The number of nitrogens with zero attached hydrogens (tertiary/aromatic N) is 1. The average Bonchev–Trinajstić information content (AvgIpc) is 2.93. The molecule has 4 rings (SSSR count). The summed E-state index contributed by atoms with van der Waals surface area (Å²) in [6.07, 6.45) is 5.26. The topological polar surface area (TPSA) is 48.1 Å². The second-order valence-electron chi connectivity index (χ2n) is 8.36. The van der Waals surface area contributed by atoms with E-state index in [-0.39, 0.29) is 23.4 Å². The number of aromatic amines is 1. The number of H-pyrrole nitrogens is 1. The highest BCUT2D eigenvalue weighted by atomic mass is 79.9. The second-order valence-corrected chi connectivity index (χ2v) is 9.15. The molecule has 0 radical (unpaired) electrons. The van der Waals surface area contributed by atoms with E-state index >= 15 is 0 Å². The third-order valence-electron chi connectivity index (χ3n) is 6.40. The quantitative estimate of drug-likeness (QED) is 0.751. The minimum atomic E-state index is -0.114. The summed E-state index contributed by atoms with van der Waals surface area (Å²) in [5, 5.41) is 4.50. The van der Waals surface area contributed by atoms with Crippen LogP contribution in [0.1, 0.15) is 44.7 Å². The van der Waals surface area contributed by atoms with Crippen molar-refractivity contribution in [3.05, 3.63) is 40.0 Å². The standard InChI is InChI=1S/C22H28BrN3O/c1-5-7-13(2)24-21(27)14-10-17-15-8-6-9-18-19(15)16(20(23)25-18)11-22(17,3)26(4)12-14/h6,8-10,13-14,25H,5,7,11-12H2,1-4H3,(H,24,27)/t13-,14-,22?/m1/s1. The highest BCUT2D eigenvalue weighted by Gasteiger charge is 2.44. The number of nitrogens with one attached hydrogen (secondary N) is 2. The van der Waals surface area contributed by atoms with Crippen molar-refractivity contribution in [3.63, 3.8) is 0 Å². The SMILES string of the molecule is CCC[C@@H](C)NC(=O)[C@@H]1C=C2c3cccc4[nH]c(Br)c(c34)CC2(C)N(C)C1. The lowest BCUT2D eigenvalue weighted by molar-refractivity contribution is -0.125. The summed E-state index contributed by atoms with van der Waals surface area (Å²) < 4.78 is 1.08. The Labute approximate surface area is 169 Å². The fraction of sp³-hybridized carbons (Fsp3) is 0.500. The molecule has 2 aromatic rings. The predicted octanol–water partition coefficient (Wildman–Crippen LogP) is 4.50. The summed E-state index contributed by atoms with van der Waals surface area (Å²) in [6, 6.07) is 6.65. The molecule has 1 unspecified atom stereocenters. The van der Waals surface area contributed by atoms with E-state index in [0.29, 0.717) is 0 Å². The Morgan fingerprint density at radius 1 is 1.48 bits per heavy atom. The maximum Gasteiger partial charge on any atom is 0.228 e. The predicted molar refractivity (Wildman–Crippen MR) is 115 cm³/mol. The molecule has 0 spiro atoms. The highest BCUT2D eigenvalue weighted by molar-refractivity contribution is 9.10. The third kappa shape index (κ3) is 2.95. The van der Waals surface area contributed by atoms with E-state index in [1.165, 1.54) is 22.1 Å². The van der Waals surface area contributed by atoms with Gasteiger partial charge < -0.3 is 10.3 Å². The molecule has 1 aliphatic carbocycles. The molecule has 2 aliphatic rings. The van der Waals surface area contributed by atoms with Gasteiger partial charge in [0.05, 0.1) is 10.5 Å². The number of hydrogen-bond donors (Lipinski definition) is 2. The monoisotopic (exact) mass is 429 g/mol. The third-order valence-corrected chi connectivity index (χ3v) is 7.07. The fourth-order valence-corrected chi connectivity index (χ4v) is 5.33. The van der Waals surface area contributed by atoms with Gasteiger partial charge in [0.1, 0.15) is 0 Å². The van der Waals surface area contributed by atoms with Crippen LogP contribution in [-0.4, -0.2) is 41.0 Å². The van der Waals surface area contributed by atoms with E-state index in [1.807, 2.05) is 0 Å². The van der Waals surface area contributed by atoms with Gasteiger partial charge in [0, 0.05) is 29.0 Å². The Kier molecular flexibility index (Phi) is 4.71. The van der Waals surface area contributed by atoms with Crippen LogP contribution in [0.2, 0.25) is 0 Å². The van der Waals surface area contributed by atoms with Crippen molar-refractivity contribution >= 4 is 38.3 Å². The first-order chi connectivity index (χ1) is 12.8. The molecular formula is C22H28BrN3O. The molecule has 0 fully saturated rings. The van der Waals surface area contributed by atoms with Crippen molar-refractivity contribution < 1.29 is 4.79 Å². The number of rotatable bonds is 4. The first-order valence-electron chi connectivity index (χ1n) is 9.88. The van der Waals surface area contributed by atoms with Gasteiger partial charge in [0.25, 0.3) is 0 Å². The van der Waals surface area contributed by atoms with E-state index in [9.17, 15) is 4.79 Å². The van der Waals surface area contributed by atoms with Gasteiger partial charge in [-0.3, -0.25) is 9.69 Å². The molecule has 2 N–H and O–H groups in total. The number of fused-ring (bicyclic) bond motifs is 2. The molecule has 27 heavy (non-hydrogen) atoms. The Balaban J connectivity index is 1.77. The maximum atomic E-state index is 12.9. The Morgan fingerprint density at radius 3 is 3.00 bits per heavy atom. The number of halogens is 1. The number of hydrogen-bond acceptors (Lipinski definition) is 2. The van der Waals surface area contributed by atoms with Crippen molar-refractivity contribution in [1.82, 2.24) is 15.2 Å². The van der Waals surface area contributed by atoms with Crippen LogP contribution in [0, 0.1) is 5.92 Å². The Hall–Kier alpha value is -1.59. The van der Waals surface area contributed by atoms with Gasteiger partial charge in [-0.15, -0.1) is 0 Å². The lowest BCUT2D eigenvalue weighted by Gasteiger charge is -2.48. The molecule has 4 nitrogen and oxygen atoms in total. The zero-order chi connectivity index (χ0) is 19.3. The van der Waals surface area contributed by atoms with E-state index < -0.39 is 0 Å². The molecule has 0 saturated carbocycles. The highest BCUT2D eigenvalue weighted by Crippen LogP contribution is 2.48. The van der Waals surface area contributed by atoms with Gasteiger partial charge >= 0.3 is 0 Å². The number of benzene rings is 1. The zero-order valence-corrected chi connectivity index (χ0v) is 18.1. The maximum absolute atomic E-state index is 12.9. The molecule has 3 atom stereocenters. The van der Waals surface area contributed by atoms with Gasteiger partial charge in [-0.2, -0.15) is 0 Å². The van der Waals surface area contributed by atoms with Gasteiger partial charge in [-0.25, -0.2) is 0 Å². The van der Waals surface area contributed by atoms with Crippen LogP contribution in [0.5, 0.6) is 0 Å². The normalized spacial score (nSPS) is 25.8. The summed E-state index contributed by atoms with van der Waals surface area (Å²) in [5.74, 6) is 0.0298. The molecule has 1 aromatic carbocycles. The second kappa shape index (κ2) is 6.78. The van der Waals surface area contributed by atoms with Crippen LogP contribution < -0.4 is 5.32 Å². The fourth-order valence-electron chi connectivity index (χ4n) is 4.78. The summed E-state index contributed by atoms with van der Waals surface area (Å²) in [6.45, 7) is 7.29. The smallest absolute Gasteiger partial charge is 0.228 e. The Bertz CT molecular complexity index is 931. The van der Waals surface area contributed by atoms with Crippen molar-refractivity contribution in [2.24, 2.45) is 5.92 Å². The molecule has 144 valence electrons. The number of carbonyl (C=O) groups is 1. The summed E-state index contributed by atoms with van der Waals surface area (Å²) in [4.78, 5) is 18.7. The van der Waals surface area contributed by atoms with Crippen LogP contribution in [0.15, 0.2) is 28.9 Å². The van der Waals surface area contributed by atoms with Gasteiger partial charge in [-0.1, -0.05) is 31.6 Å². The van der Waals surface area contributed by atoms with Gasteiger partial charge in [0.15, 0.2) is 0 Å². The molecule has 1 aliphatic heterocycles. The van der Waals surface area contributed by atoms with Crippen LogP contribution in [0.25, 0.3) is 16.5 Å². The minimum absolute atomic E-state index is 0.0994. The van der Waals surface area contributed by atoms with Crippen LogP contribution in [0.4, 0.5) is 0 Å². The van der Waals surface area contributed by atoms with Crippen LogP contribution >= 0.6 is 15.9 Å². The Morgan fingerprint density at radius 2 is 2.26 bits per heavy atom. The average molecular weight is 430 g/mol.